The van der Waals surface area contributed by atoms with Crippen LogP contribution in [-0.2, 0) is 28.7 Å². The number of amides is 2. The van der Waals surface area contributed by atoms with Gasteiger partial charge in [0.2, 0.25) is 5.91 Å². The standard InChI is InChI=1S/C27H30F5N9O2.CH2O2/c1-2-16-12-17(5-6-18(16)26(43)36-9-8-34-22(42)4-3-7-33)38-24-25-37-13-20(41(25)11-10-35-24)19-14-40(15-21(28)29)39-23(19)27(30,31)32;2-1-3/h5-6,10-14,21H,2-4,7-9,15,33H2,1H3,(H,34,42)(H,35,38)(H,36,43);1H,(H,2,3). The summed E-state index contributed by atoms with van der Waals surface area (Å²) in [6.45, 7) is 1.56. The van der Waals surface area contributed by atoms with E-state index in [0.29, 0.717) is 47.3 Å². The number of aryl methyl sites for hydroxylation is 1. The summed E-state index contributed by atoms with van der Waals surface area (Å²) < 4.78 is 68.8. The number of carbonyl (C=O) groups is 3. The van der Waals surface area contributed by atoms with E-state index in [2.05, 4.69) is 31.0 Å². The molecule has 0 atom stereocenters. The summed E-state index contributed by atoms with van der Waals surface area (Å²) in [5, 5.41) is 18.8. The quantitative estimate of drug-likeness (QED) is 0.0820. The number of nitrogens with two attached hydrogens (primary N) is 1. The highest BCUT2D eigenvalue weighted by Gasteiger charge is 2.38. The molecular weight excluding hydrogens is 621 g/mol. The summed E-state index contributed by atoms with van der Waals surface area (Å²) in [7, 11) is 0. The minimum atomic E-state index is -4.88. The number of hydrogen-bond acceptors (Lipinski definition) is 8. The minimum absolute atomic E-state index is 0.00914. The maximum atomic E-state index is 13.7. The Kier molecular flexibility index (Phi) is 12.5. The molecule has 3 heterocycles. The van der Waals surface area contributed by atoms with E-state index in [1.165, 1.54) is 23.0 Å². The van der Waals surface area contributed by atoms with Gasteiger partial charge < -0.3 is 26.8 Å². The van der Waals surface area contributed by atoms with E-state index in [4.69, 9.17) is 15.6 Å². The molecule has 0 aliphatic heterocycles. The normalized spacial score (nSPS) is 11.2. The number of carbonyl (C=O) groups excluding carboxylic acids is 2. The molecule has 13 nitrogen and oxygen atoms in total. The number of carboxylic acid groups (broad SMARTS) is 1. The summed E-state index contributed by atoms with van der Waals surface area (Å²) in [4.78, 5) is 41.3. The average molecular weight is 654 g/mol. The van der Waals surface area contributed by atoms with Gasteiger partial charge in [-0.1, -0.05) is 6.92 Å². The second-order valence-corrected chi connectivity index (χ2v) is 9.57. The highest BCUT2D eigenvalue weighted by molar-refractivity contribution is 5.96. The van der Waals surface area contributed by atoms with Gasteiger partial charge in [0.05, 0.1) is 17.5 Å². The third-order valence-electron chi connectivity index (χ3n) is 6.39. The number of nitrogens with one attached hydrogen (secondary N) is 3. The zero-order valence-corrected chi connectivity index (χ0v) is 24.5. The van der Waals surface area contributed by atoms with Crippen molar-refractivity contribution in [2.75, 3.05) is 25.0 Å². The molecule has 0 aliphatic carbocycles. The molecule has 0 aliphatic rings. The Morgan fingerprint density at radius 2 is 1.87 bits per heavy atom. The van der Waals surface area contributed by atoms with Crippen LogP contribution in [-0.4, -0.2) is 73.6 Å². The van der Waals surface area contributed by atoms with Gasteiger partial charge in [0.1, 0.15) is 6.54 Å². The Morgan fingerprint density at radius 3 is 2.52 bits per heavy atom. The first-order chi connectivity index (χ1) is 21.9. The van der Waals surface area contributed by atoms with Gasteiger partial charge in [-0.2, -0.15) is 18.3 Å². The maximum absolute atomic E-state index is 13.7. The third kappa shape index (κ3) is 9.19. The fraction of sp³-hybridized carbons (Fsp3) is 0.357. The SMILES string of the molecule is CCc1cc(Nc2nccn3c(-c4cn(CC(F)F)nc4C(F)(F)F)cnc23)ccc1C(=O)NCCNC(=O)CCCN.O=CO. The first-order valence-corrected chi connectivity index (χ1v) is 13.9. The molecule has 0 radical (unpaired) electrons. The molecule has 0 saturated heterocycles. The molecular formula is C28H32F5N9O4. The van der Waals surface area contributed by atoms with Crippen molar-refractivity contribution in [3.05, 3.63) is 59.8 Å². The van der Waals surface area contributed by atoms with Gasteiger partial charge in [0.15, 0.2) is 17.2 Å². The van der Waals surface area contributed by atoms with Crippen molar-refractivity contribution in [2.45, 2.75) is 45.3 Å². The molecule has 2 amide bonds. The number of imidazole rings is 1. The topological polar surface area (TPSA) is 182 Å². The lowest BCUT2D eigenvalue weighted by molar-refractivity contribution is -0.141. The van der Waals surface area contributed by atoms with Crippen molar-refractivity contribution in [1.82, 2.24) is 34.8 Å². The van der Waals surface area contributed by atoms with Gasteiger partial charge in [-0.05, 0) is 43.1 Å². The number of alkyl halides is 5. The van der Waals surface area contributed by atoms with Gasteiger partial charge in [-0.15, -0.1) is 0 Å². The van der Waals surface area contributed by atoms with Gasteiger partial charge in [0.25, 0.3) is 18.8 Å². The highest BCUT2D eigenvalue weighted by atomic mass is 19.4. The minimum Gasteiger partial charge on any atom is -0.483 e. The van der Waals surface area contributed by atoms with Gasteiger partial charge in [-0.25, -0.2) is 18.7 Å². The Morgan fingerprint density at radius 1 is 1.15 bits per heavy atom. The van der Waals surface area contributed by atoms with Crippen LogP contribution in [0.2, 0.25) is 0 Å². The molecule has 3 aromatic heterocycles. The number of rotatable bonds is 13. The van der Waals surface area contributed by atoms with Crippen LogP contribution >= 0.6 is 0 Å². The van der Waals surface area contributed by atoms with Crippen molar-refractivity contribution in [2.24, 2.45) is 5.73 Å². The number of anilines is 2. The van der Waals surface area contributed by atoms with E-state index < -0.39 is 30.4 Å². The van der Waals surface area contributed by atoms with E-state index in [9.17, 15) is 31.5 Å². The summed E-state index contributed by atoms with van der Waals surface area (Å²) in [5.41, 5.74) is 5.55. The second kappa shape index (κ2) is 16.3. The molecule has 0 unspecified atom stereocenters. The average Bonchev–Trinajstić information content (AvgIpc) is 3.63. The van der Waals surface area contributed by atoms with E-state index in [0.717, 1.165) is 6.20 Å². The van der Waals surface area contributed by atoms with Crippen molar-refractivity contribution >= 4 is 35.4 Å². The molecule has 0 bridgehead atoms. The van der Waals surface area contributed by atoms with Crippen LogP contribution in [0.15, 0.2) is 43.0 Å². The Bertz CT molecular complexity index is 1640. The molecule has 18 heteroatoms. The molecule has 0 saturated carbocycles. The summed E-state index contributed by atoms with van der Waals surface area (Å²) in [6, 6.07) is 5.02. The number of halogens is 5. The van der Waals surface area contributed by atoms with Crippen LogP contribution in [0.25, 0.3) is 16.9 Å². The number of aromatic nitrogens is 5. The van der Waals surface area contributed by atoms with E-state index in [1.807, 2.05) is 6.92 Å². The van der Waals surface area contributed by atoms with Gasteiger partial charge >= 0.3 is 6.18 Å². The van der Waals surface area contributed by atoms with Crippen molar-refractivity contribution in [3.63, 3.8) is 0 Å². The van der Waals surface area contributed by atoms with Crippen LogP contribution in [0.4, 0.5) is 33.5 Å². The second-order valence-electron chi connectivity index (χ2n) is 9.57. The molecule has 4 rings (SSSR count). The molecule has 0 fully saturated rings. The zero-order valence-electron chi connectivity index (χ0n) is 24.5. The first kappa shape index (κ1) is 35.4. The van der Waals surface area contributed by atoms with Gasteiger partial charge in [0, 0.05) is 49.4 Å². The van der Waals surface area contributed by atoms with Crippen LogP contribution < -0.4 is 21.7 Å². The first-order valence-electron chi connectivity index (χ1n) is 13.9. The van der Waals surface area contributed by atoms with Crippen LogP contribution in [0.3, 0.4) is 0 Å². The lowest BCUT2D eigenvalue weighted by atomic mass is 10.0. The van der Waals surface area contributed by atoms with Crippen molar-refractivity contribution in [1.29, 1.82) is 0 Å². The van der Waals surface area contributed by atoms with Crippen LogP contribution in [0.1, 0.15) is 41.4 Å². The van der Waals surface area contributed by atoms with Crippen LogP contribution in [0.5, 0.6) is 0 Å². The maximum Gasteiger partial charge on any atom is 0.435 e. The molecule has 4 aromatic rings. The molecule has 46 heavy (non-hydrogen) atoms. The molecule has 0 spiro atoms. The fourth-order valence-corrected chi connectivity index (χ4v) is 4.41. The number of nitrogens with zero attached hydrogens (tertiary/aromatic N) is 5. The fourth-order valence-electron chi connectivity index (χ4n) is 4.41. The predicted molar refractivity (Wildman–Crippen MR) is 157 cm³/mol. The summed E-state index contributed by atoms with van der Waals surface area (Å²) >= 11 is 0. The van der Waals surface area contributed by atoms with Gasteiger partial charge in [-0.3, -0.25) is 23.5 Å². The van der Waals surface area contributed by atoms with E-state index in [1.54, 1.807) is 18.2 Å². The number of benzene rings is 1. The largest absolute Gasteiger partial charge is 0.483 e. The Balaban J connectivity index is 0.00000185. The Labute approximate surface area is 259 Å². The summed E-state index contributed by atoms with van der Waals surface area (Å²) in [6.07, 6.45) is -1.49. The van der Waals surface area contributed by atoms with Crippen molar-refractivity contribution < 1.29 is 41.4 Å². The Hall–Kier alpha value is -5.13. The summed E-state index contributed by atoms with van der Waals surface area (Å²) in [5.74, 6) is -0.238. The third-order valence-corrected chi connectivity index (χ3v) is 6.39. The predicted octanol–water partition coefficient (Wildman–Crippen LogP) is 3.47. The van der Waals surface area contributed by atoms with Crippen LogP contribution in [0, 0.1) is 0 Å². The van der Waals surface area contributed by atoms with Crippen molar-refractivity contribution in [3.8, 4) is 11.3 Å². The number of fused-ring (bicyclic) bond motifs is 1. The number of hydrogen-bond donors (Lipinski definition) is 5. The molecule has 248 valence electrons. The monoisotopic (exact) mass is 653 g/mol. The lowest BCUT2D eigenvalue weighted by Gasteiger charge is -2.13. The lowest BCUT2D eigenvalue weighted by Crippen LogP contribution is -2.35. The van der Waals surface area contributed by atoms with E-state index in [-0.39, 0.29) is 48.5 Å². The smallest absolute Gasteiger partial charge is 0.435 e. The molecule has 6 N–H and O–H groups in total. The zero-order chi connectivity index (χ0) is 33.9. The highest BCUT2D eigenvalue weighted by Crippen LogP contribution is 2.37. The van der Waals surface area contributed by atoms with E-state index >= 15 is 0 Å². The molecule has 1 aromatic carbocycles.